The third-order valence-corrected chi connectivity index (χ3v) is 3.20. The molecule has 1 unspecified atom stereocenters. The van der Waals surface area contributed by atoms with Crippen molar-refractivity contribution in [3.8, 4) is 5.75 Å². The average Bonchev–Trinajstić information content (AvgIpc) is 2.24. The third kappa shape index (κ3) is 5.55. The molecule has 1 atom stereocenters. The van der Waals surface area contributed by atoms with Crippen LogP contribution in [0.4, 0.5) is 0 Å². The Labute approximate surface area is 113 Å². The molecule has 0 amide bonds. The van der Waals surface area contributed by atoms with Gasteiger partial charge in [-0.1, -0.05) is 32.9 Å². The highest BCUT2D eigenvalue weighted by Crippen LogP contribution is 2.27. The number of hydrogen-bond donors (Lipinski definition) is 1. The lowest BCUT2D eigenvalue weighted by atomic mass is 9.85. The summed E-state index contributed by atoms with van der Waals surface area (Å²) in [6, 6.07) is 7.90. The lowest BCUT2D eigenvalue weighted by Gasteiger charge is -2.25. The SMILES string of the molecule is CC(C)(C)CC(CN)COc1ccccc1Br. The third-order valence-electron chi connectivity index (χ3n) is 2.55. The molecule has 0 aliphatic heterocycles. The molecule has 0 saturated heterocycles. The van der Waals surface area contributed by atoms with Crippen molar-refractivity contribution in [2.45, 2.75) is 27.2 Å². The second-order valence-corrected chi connectivity index (χ2v) is 6.46. The molecular weight excluding hydrogens is 278 g/mol. The quantitative estimate of drug-likeness (QED) is 0.896. The maximum absolute atomic E-state index is 5.81. The lowest BCUT2D eigenvalue weighted by molar-refractivity contribution is 0.199. The van der Waals surface area contributed by atoms with Crippen LogP contribution in [0.2, 0.25) is 0 Å². The van der Waals surface area contributed by atoms with Crippen molar-refractivity contribution in [2.75, 3.05) is 13.2 Å². The Morgan fingerprint density at radius 2 is 1.94 bits per heavy atom. The predicted octanol–water partition coefficient (Wildman–Crippen LogP) is 3.84. The van der Waals surface area contributed by atoms with Crippen LogP contribution >= 0.6 is 15.9 Å². The van der Waals surface area contributed by atoms with Gasteiger partial charge in [-0.2, -0.15) is 0 Å². The van der Waals surface area contributed by atoms with E-state index in [9.17, 15) is 0 Å². The summed E-state index contributed by atoms with van der Waals surface area (Å²) in [6.07, 6.45) is 1.08. The molecule has 17 heavy (non-hydrogen) atoms. The Kier molecular flexibility index (Phi) is 5.47. The zero-order valence-electron chi connectivity index (χ0n) is 10.9. The molecule has 1 aromatic carbocycles. The molecule has 1 aromatic rings. The van der Waals surface area contributed by atoms with Crippen molar-refractivity contribution in [2.24, 2.45) is 17.1 Å². The van der Waals surface area contributed by atoms with E-state index >= 15 is 0 Å². The van der Waals surface area contributed by atoms with Gasteiger partial charge in [-0.15, -0.1) is 0 Å². The van der Waals surface area contributed by atoms with Gasteiger partial charge in [0, 0.05) is 5.92 Å². The van der Waals surface area contributed by atoms with Crippen molar-refractivity contribution in [1.29, 1.82) is 0 Å². The number of halogens is 1. The summed E-state index contributed by atoms with van der Waals surface area (Å²) in [6.45, 7) is 8.04. The first-order valence-electron chi connectivity index (χ1n) is 6.00. The highest BCUT2D eigenvalue weighted by atomic mass is 79.9. The molecule has 0 heterocycles. The largest absolute Gasteiger partial charge is 0.492 e. The van der Waals surface area contributed by atoms with Gasteiger partial charge in [0.25, 0.3) is 0 Å². The first kappa shape index (κ1) is 14.5. The van der Waals surface area contributed by atoms with Gasteiger partial charge < -0.3 is 10.5 Å². The highest BCUT2D eigenvalue weighted by Gasteiger charge is 2.18. The molecule has 2 nitrogen and oxygen atoms in total. The van der Waals surface area contributed by atoms with Gasteiger partial charge in [0.15, 0.2) is 0 Å². The van der Waals surface area contributed by atoms with Crippen LogP contribution in [-0.2, 0) is 0 Å². The van der Waals surface area contributed by atoms with Gasteiger partial charge in [-0.05, 0) is 46.4 Å². The van der Waals surface area contributed by atoms with Crippen molar-refractivity contribution < 1.29 is 4.74 Å². The molecule has 0 aliphatic rings. The minimum absolute atomic E-state index is 0.293. The molecule has 96 valence electrons. The van der Waals surface area contributed by atoms with Crippen LogP contribution in [-0.4, -0.2) is 13.2 Å². The topological polar surface area (TPSA) is 35.2 Å². The van der Waals surface area contributed by atoms with Crippen LogP contribution in [0.15, 0.2) is 28.7 Å². The van der Waals surface area contributed by atoms with Crippen molar-refractivity contribution in [1.82, 2.24) is 0 Å². The summed E-state index contributed by atoms with van der Waals surface area (Å²) in [4.78, 5) is 0. The monoisotopic (exact) mass is 299 g/mol. The van der Waals surface area contributed by atoms with Gasteiger partial charge in [-0.3, -0.25) is 0 Å². The van der Waals surface area contributed by atoms with Crippen LogP contribution < -0.4 is 10.5 Å². The smallest absolute Gasteiger partial charge is 0.133 e. The molecule has 0 spiro atoms. The standard InChI is InChI=1S/C14H22BrNO/c1-14(2,3)8-11(9-16)10-17-13-7-5-4-6-12(13)15/h4-7,11H,8-10,16H2,1-3H3. The molecule has 1 rings (SSSR count). The zero-order chi connectivity index (χ0) is 12.9. The maximum atomic E-state index is 5.81. The van der Waals surface area contributed by atoms with Crippen LogP contribution in [0.25, 0.3) is 0 Å². The number of rotatable bonds is 5. The minimum atomic E-state index is 0.293. The molecule has 3 heteroatoms. The summed E-state index contributed by atoms with van der Waals surface area (Å²) >= 11 is 3.47. The fraction of sp³-hybridized carbons (Fsp3) is 0.571. The zero-order valence-corrected chi connectivity index (χ0v) is 12.5. The first-order chi connectivity index (χ1) is 7.92. The normalized spacial score (nSPS) is 13.5. The minimum Gasteiger partial charge on any atom is -0.492 e. The Morgan fingerprint density at radius 3 is 2.47 bits per heavy atom. The van der Waals surface area contributed by atoms with E-state index < -0.39 is 0 Å². The van der Waals surface area contributed by atoms with Crippen LogP contribution in [0.3, 0.4) is 0 Å². The van der Waals surface area contributed by atoms with E-state index in [0.717, 1.165) is 16.6 Å². The predicted molar refractivity (Wildman–Crippen MR) is 76.3 cm³/mol. The summed E-state index contributed by atoms with van der Waals surface area (Å²) in [7, 11) is 0. The van der Waals surface area contributed by atoms with E-state index in [1.807, 2.05) is 24.3 Å². The number of nitrogens with two attached hydrogens (primary N) is 1. The molecule has 0 bridgehead atoms. The fourth-order valence-electron chi connectivity index (χ4n) is 1.85. The Balaban J connectivity index is 2.51. The van der Waals surface area contributed by atoms with E-state index in [4.69, 9.17) is 10.5 Å². The molecular formula is C14H22BrNO. The molecule has 0 aliphatic carbocycles. The maximum Gasteiger partial charge on any atom is 0.133 e. The molecule has 2 N–H and O–H groups in total. The molecule has 0 radical (unpaired) electrons. The fourth-order valence-corrected chi connectivity index (χ4v) is 2.24. The molecule has 0 fully saturated rings. The number of para-hydroxylation sites is 1. The number of benzene rings is 1. The van der Waals surface area contributed by atoms with E-state index in [1.54, 1.807) is 0 Å². The van der Waals surface area contributed by atoms with Gasteiger partial charge in [0.05, 0.1) is 11.1 Å². The summed E-state index contributed by atoms with van der Waals surface area (Å²) in [5.41, 5.74) is 6.08. The van der Waals surface area contributed by atoms with E-state index in [-0.39, 0.29) is 0 Å². The Bertz CT molecular complexity index is 346. The molecule has 0 saturated carbocycles. The second kappa shape index (κ2) is 6.41. The van der Waals surface area contributed by atoms with E-state index in [0.29, 0.717) is 24.5 Å². The van der Waals surface area contributed by atoms with Gasteiger partial charge in [-0.25, -0.2) is 0 Å². The number of hydrogen-bond acceptors (Lipinski definition) is 2. The van der Waals surface area contributed by atoms with Crippen LogP contribution in [0.5, 0.6) is 5.75 Å². The second-order valence-electron chi connectivity index (χ2n) is 5.61. The van der Waals surface area contributed by atoms with Crippen molar-refractivity contribution in [3.63, 3.8) is 0 Å². The highest BCUT2D eigenvalue weighted by molar-refractivity contribution is 9.10. The average molecular weight is 300 g/mol. The van der Waals surface area contributed by atoms with Gasteiger partial charge in [0.1, 0.15) is 5.75 Å². The number of ether oxygens (including phenoxy) is 1. The van der Waals surface area contributed by atoms with E-state index in [2.05, 4.69) is 36.7 Å². The van der Waals surface area contributed by atoms with Crippen LogP contribution in [0, 0.1) is 11.3 Å². The van der Waals surface area contributed by atoms with E-state index in [1.165, 1.54) is 0 Å². The molecule has 0 aromatic heterocycles. The van der Waals surface area contributed by atoms with Crippen molar-refractivity contribution >= 4 is 15.9 Å². The summed E-state index contributed by atoms with van der Waals surface area (Å²) in [5, 5.41) is 0. The van der Waals surface area contributed by atoms with Gasteiger partial charge in [0.2, 0.25) is 0 Å². The summed E-state index contributed by atoms with van der Waals surface area (Å²) in [5.74, 6) is 1.29. The lowest BCUT2D eigenvalue weighted by Crippen LogP contribution is -2.26. The van der Waals surface area contributed by atoms with Crippen LogP contribution in [0.1, 0.15) is 27.2 Å². The Hall–Kier alpha value is -0.540. The van der Waals surface area contributed by atoms with Gasteiger partial charge >= 0.3 is 0 Å². The summed E-state index contributed by atoms with van der Waals surface area (Å²) < 4.78 is 6.80. The van der Waals surface area contributed by atoms with Crippen molar-refractivity contribution in [3.05, 3.63) is 28.7 Å². The first-order valence-corrected chi connectivity index (χ1v) is 6.79. The Morgan fingerprint density at radius 1 is 1.29 bits per heavy atom.